The monoisotopic (exact) mass is 229 g/mol. The number of nitrogen functional groups attached to an aromatic ring is 1. The zero-order chi connectivity index (χ0) is 11.8. The van der Waals surface area contributed by atoms with Crippen molar-refractivity contribution in [3.8, 4) is 0 Å². The molecular weight excluding hydrogens is 210 g/mol. The molecule has 1 aromatic heterocycles. The average Bonchev–Trinajstić information content (AvgIpc) is 2.60. The lowest BCUT2D eigenvalue weighted by Crippen LogP contribution is -2.20. The Hall–Kier alpha value is -1.48. The van der Waals surface area contributed by atoms with E-state index >= 15 is 0 Å². The van der Waals surface area contributed by atoms with Gasteiger partial charge >= 0.3 is 0 Å². The minimum atomic E-state index is 0.599. The van der Waals surface area contributed by atoms with Crippen molar-refractivity contribution in [1.29, 1.82) is 0 Å². The lowest BCUT2D eigenvalue weighted by Gasteiger charge is -2.27. The molecule has 0 saturated heterocycles. The molecule has 1 aliphatic carbocycles. The molecule has 0 unspecified atom stereocenters. The molecule has 17 heavy (non-hydrogen) atoms. The molecule has 4 N–H and O–H groups in total. The van der Waals surface area contributed by atoms with E-state index in [1.165, 1.54) is 35.9 Å². The SMILES string of the molecule is NCc1cc2cc(N)ccc2n1CC1CCC1. The maximum absolute atomic E-state index is 5.84. The highest BCUT2D eigenvalue weighted by atomic mass is 15.0. The predicted molar refractivity (Wildman–Crippen MR) is 71.6 cm³/mol. The molecule has 0 radical (unpaired) electrons. The summed E-state index contributed by atoms with van der Waals surface area (Å²) >= 11 is 0. The standard InChI is InChI=1S/C14H19N3/c15-8-13-7-11-6-12(16)4-5-14(11)17(13)9-10-2-1-3-10/h4-7,10H,1-3,8-9,15-16H2. The van der Waals surface area contributed by atoms with Gasteiger partial charge in [-0.1, -0.05) is 6.42 Å². The van der Waals surface area contributed by atoms with E-state index < -0.39 is 0 Å². The molecule has 3 rings (SSSR count). The number of rotatable bonds is 3. The van der Waals surface area contributed by atoms with Crippen LogP contribution in [-0.4, -0.2) is 4.57 Å². The summed E-state index contributed by atoms with van der Waals surface area (Å²) in [5, 5.41) is 1.21. The molecule has 0 bridgehead atoms. The summed E-state index contributed by atoms with van der Waals surface area (Å²) in [6.07, 6.45) is 4.10. The molecule has 3 heteroatoms. The smallest absolute Gasteiger partial charge is 0.0484 e. The lowest BCUT2D eigenvalue weighted by molar-refractivity contribution is 0.277. The summed E-state index contributed by atoms with van der Waals surface area (Å²) in [6, 6.07) is 8.29. The van der Waals surface area contributed by atoms with Gasteiger partial charge < -0.3 is 16.0 Å². The van der Waals surface area contributed by atoms with E-state index in [0.29, 0.717) is 6.54 Å². The van der Waals surface area contributed by atoms with E-state index in [1.807, 2.05) is 12.1 Å². The summed E-state index contributed by atoms with van der Waals surface area (Å²) in [4.78, 5) is 0. The van der Waals surface area contributed by atoms with E-state index in [4.69, 9.17) is 11.5 Å². The summed E-state index contributed by atoms with van der Waals surface area (Å²) in [5.41, 5.74) is 15.0. The van der Waals surface area contributed by atoms with E-state index in [-0.39, 0.29) is 0 Å². The number of hydrogen-bond acceptors (Lipinski definition) is 2. The molecule has 3 nitrogen and oxygen atoms in total. The predicted octanol–water partition coefficient (Wildman–Crippen LogP) is 2.48. The third kappa shape index (κ3) is 1.80. The average molecular weight is 229 g/mol. The van der Waals surface area contributed by atoms with E-state index in [9.17, 15) is 0 Å². The fraction of sp³-hybridized carbons (Fsp3) is 0.429. The molecule has 1 heterocycles. The first-order valence-electron chi connectivity index (χ1n) is 6.35. The topological polar surface area (TPSA) is 57.0 Å². The van der Waals surface area contributed by atoms with Crippen LogP contribution in [-0.2, 0) is 13.1 Å². The van der Waals surface area contributed by atoms with Crippen LogP contribution in [0, 0.1) is 5.92 Å². The molecule has 2 aromatic rings. The highest BCUT2D eigenvalue weighted by Gasteiger charge is 2.19. The van der Waals surface area contributed by atoms with Crippen LogP contribution in [0.5, 0.6) is 0 Å². The van der Waals surface area contributed by atoms with Gasteiger partial charge in [0.2, 0.25) is 0 Å². The van der Waals surface area contributed by atoms with Crippen molar-refractivity contribution >= 4 is 16.6 Å². The number of nitrogens with two attached hydrogens (primary N) is 2. The highest BCUT2D eigenvalue weighted by Crippen LogP contribution is 2.31. The second kappa shape index (κ2) is 4.08. The van der Waals surface area contributed by atoms with Gasteiger partial charge in [0.25, 0.3) is 0 Å². The van der Waals surface area contributed by atoms with Gasteiger partial charge in [-0.25, -0.2) is 0 Å². The van der Waals surface area contributed by atoms with Crippen molar-refractivity contribution in [1.82, 2.24) is 4.57 Å². The van der Waals surface area contributed by atoms with Crippen LogP contribution in [0.4, 0.5) is 5.69 Å². The number of nitrogens with zero attached hydrogens (tertiary/aromatic N) is 1. The summed E-state index contributed by atoms with van der Waals surface area (Å²) < 4.78 is 2.37. The van der Waals surface area contributed by atoms with Crippen LogP contribution in [0.3, 0.4) is 0 Å². The summed E-state index contributed by atoms with van der Waals surface area (Å²) in [6.45, 7) is 1.71. The quantitative estimate of drug-likeness (QED) is 0.794. The molecule has 0 aliphatic heterocycles. The van der Waals surface area contributed by atoms with Gasteiger partial charge in [-0.05, 0) is 43.0 Å². The van der Waals surface area contributed by atoms with Crippen LogP contribution in [0.2, 0.25) is 0 Å². The fourth-order valence-corrected chi connectivity index (χ4v) is 2.66. The first kappa shape index (κ1) is 10.7. The van der Waals surface area contributed by atoms with Crippen molar-refractivity contribution in [2.24, 2.45) is 11.7 Å². The van der Waals surface area contributed by atoms with Crippen LogP contribution >= 0.6 is 0 Å². The van der Waals surface area contributed by atoms with Gasteiger partial charge in [-0.3, -0.25) is 0 Å². The molecule has 0 amide bonds. The first-order valence-corrected chi connectivity index (χ1v) is 6.35. The Labute approximate surface area is 101 Å². The van der Waals surface area contributed by atoms with E-state index in [0.717, 1.165) is 18.2 Å². The third-order valence-electron chi connectivity index (χ3n) is 3.89. The van der Waals surface area contributed by atoms with Crippen molar-refractivity contribution in [2.45, 2.75) is 32.4 Å². The third-order valence-corrected chi connectivity index (χ3v) is 3.89. The van der Waals surface area contributed by atoms with Crippen molar-refractivity contribution in [3.63, 3.8) is 0 Å². The van der Waals surface area contributed by atoms with E-state index in [1.54, 1.807) is 0 Å². The molecular formula is C14H19N3. The zero-order valence-corrected chi connectivity index (χ0v) is 10.0. The first-order chi connectivity index (χ1) is 8.28. The second-order valence-electron chi connectivity index (χ2n) is 5.07. The van der Waals surface area contributed by atoms with Gasteiger partial charge in [-0.15, -0.1) is 0 Å². The van der Waals surface area contributed by atoms with Crippen LogP contribution in [0.1, 0.15) is 25.0 Å². The molecule has 0 spiro atoms. The maximum atomic E-state index is 5.84. The Kier molecular flexibility index (Phi) is 2.56. The van der Waals surface area contributed by atoms with Gasteiger partial charge in [0.15, 0.2) is 0 Å². The van der Waals surface area contributed by atoms with Crippen molar-refractivity contribution in [2.75, 3.05) is 5.73 Å². The minimum absolute atomic E-state index is 0.599. The number of fused-ring (bicyclic) bond motifs is 1. The minimum Gasteiger partial charge on any atom is -0.399 e. The van der Waals surface area contributed by atoms with Gasteiger partial charge in [0.05, 0.1) is 0 Å². The molecule has 1 saturated carbocycles. The Morgan fingerprint density at radius 2 is 2.06 bits per heavy atom. The van der Waals surface area contributed by atoms with Crippen LogP contribution in [0.25, 0.3) is 10.9 Å². The normalized spacial score (nSPS) is 16.3. The maximum Gasteiger partial charge on any atom is 0.0484 e. The van der Waals surface area contributed by atoms with Gasteiger partial charge in [0.1, 0.15) is 0 Å². The molecule has 0 atom stereocenters. The van der Waals surface area contributed by atoms with Gasteiger partial charge in [-0.2, -0.15) is 0 Å². The molecule has 90 valence electrons. The zero-order valence-electron chi connectivity index (χ0n) is 10.0. The largest absolute Gasteiger partial charge is 0.399 e. The Balaban J connectivity index is 2.05. The molecule has 1 fully saturated rings. The van der Waals surface area contributed by atoms with E-state index in [2.05, 4.69) is 16.7 Å². The van der Waals surface area contributed by atoms with Crippen molar-refractivity contribution in [3.05, 3.63) is 30.0 Å². The van der Waals surface area contributed by atoms with Crippen LogP contribution in [0.15, 0.2) is 24.3 Å². The summed E-state index contributed by atoms with van der Waals surface area (Å²) in [5.74, 6) is 0.841. The number of aromatic nitrogens is 1. The number of anilines is 1. The van der Waals surface area contributed by atoms with Crippen LogP contribution < -0.4 is 11.5 Å². The highest BCUT2D eigenvalue weighted by molar-refractivity contribution is 5.84. The Morgan fingerprint density at radius 3 is 2.71 bits per heavy atom. The number of hydrogen-bond donors (Lipinski definition) is 2. The fourth-order valence-electron chi connectivity index (χ4n) is 2.66. The Bertz CT molecular complexity index is 538. The number of benzene rings is 1. The summed E-state index contributed by atoms with van der Waals surface area (Å²) in [7, 11) is 0. The Morgan fingerprint density at radius 1 is 1.24 bits per heavy atom. The van der Waals surface area contributed by atoms with Crippen molar-refractivity contribution < 1.29 is 0 Å². The van der Waals surface area contributed by atoms with Gasteiger partial charge in [0, 0.05) is 35.4 Å². The molecule has 1 aromatic carbocycles. The lowest BCUT2D eigenvalue weighted by atomic mass is 9.85. The molecule has 1 aliphatic rings. The second-order valence-corrected chi connectivity index (χ2v) is 5.07.